The number of fused-ring (bicyclic) bond motifs is 1. The fourth-order valence-electron chi connectivity index (χ4n) is 4.05. The molecule has 1 atom stereocenters. The lowest BCUT2D eigenvalue weighted by molar-refractivity contribution is -0.143. The van der Waals surface area contributed by atoms with Crippen LogP contribution in [0.5, 0.6) is 0 Å². The number of rotatable bonds is 3. The molecule has 9 nitrogen and oxygen atoms in total. The summed E-state index contributed by atoms with van der Waals surface area (Å²) in [6.45, 7) is 1.52. The minimum Gasteiger partial charge on any atom is -0.423 e. The molecule has 3 fully saturated rings. The molecule has 1 N–H and O–H groups in total. The molecule has 140 valence electrons. The van der Waals surface area contributed by atoms with Crippen LogP contribution in [0.1, 0.15) is 12.8 Å². The number of urea groups is 1. The Balaban J connectivity index is 1.29. The fraction of sp³-hybridized carbons (Fsp3) is 0.444. The first-order chi connectivity index (χ1) is 13.1. The normalized spacial score (nSPS) is 23.3. The Kier molecular flexibility index (Phi) is 3.56. The summed E-state index contributed by atoms with van der Waals surface area (Å²) < 4.78 is 5.83. The largest absolute Gasteiger partial charge is 0.423 e. The van der Waals surface area contributed by atoms with Crippen LogP contribution in [-0.2, 0) is 9.59 Å². The van der Waals surface area contributed by atoms with E-state index >= 15 is 0 Å². The number of hydrogen-bond donors (Lipinski definition) is 1. The predicted molar refractivity (Wildman–Crippen MR) is 95.0 cm³/mol. The van der Waals surface area contributed by atoms with Crippen LogP contribution in [0, 0.1) is 0 Å². The number of hydrogen-bond acceptors (Lipinski definition) is 6. The van der Waals surface area contributed by atoms with E-state index in [1.807, 2.05) is 29.2 Å². The second kappa shape index (κ2) is 5.97. The van der Waals surface area contributed by atoms with Gasteiger partial charge in [0.05, 0.1) is 12.6 Å². The molecule has 2 aromatic rings. The van der Waals surface area contributed by atoms with Gasteiger partial charge in [-0.2, -0.15) is 4.98 Å². The van der Waals surface area contributed by atoms with Crippen molar-refractivity contribution in [2.75, 3.05) is 31.1 Å². The van der Waals surface area contributed by atoms with E-state index < -0.39 is 0 Å². The van der Waals surface area contributed by atoms with Crippen molar-refractivity contribution in [1.29, 1.82) is 0 Å². The number of benzene rings is 1. The highest BCUT2D eigenvalue weighted by atomic mass is 16.4. The maximum atomic E-state index is 13.0. The van der Waals surface area contributed by atoms with Gasteiger partial charge in [0.2, 0.25) is 11.8 Å². The molecule has 9 heteroatoms. The third-order valence-corrected chi connectivity index (χ3v) is 5.48. The average molecular weight is 369 g/mol. The van der Waals surface area contributed by atoms with Crippen molar-refractivity contribution >= 4 is 35.0 Å². The molecular weight excluding hydrogens is 350 g/mol. The third-order valence-electron chi connectivity index (χ3n) is 5.48. The first kappa shape index (κ1) is 16.1. The molecule has 4 amide bonds. The first-order valence-electron chi connectivity index (χ1n) is 9.13. The molecule has 27 heavy (non-hydrogen) atoms. The lowest BCUT2D eigenvalue weighted by atomic mass is 10.0. The lowest BCUT2D eigenvalue weighted by Crippen LogP contribution is -2.64. The van der Waals surface area contributed by atoms with Crippen molar-refractivity contribution in [3.8, 4) is 0 Å². The highest BCUT2D eigenvalue weighted by Gasteiger charge is 2.46. The van der Waals surface area contributed by atoms with E-state index in [2.05, 4.69) is 10.3 Å². The van der Waals surface area contributed by atoms with Crippen LogP contribution >= 0.6 is 0 Å². The van der Waals surface area contributed by atoms with Crippen molar-refractivity contribution in [3.63, 3.8) is 0 Å². The van der Waals surface area contributed by atoms with Gasteiger partial charge < -0.3 is 19.5 Å². The summed E-state index contributed by atoms with van der Waals surface area (Å²) in [5.41, 5.74) is 1.47. The van der Waals surface area contributed by atoms with E-state index in [-0.39, 0.29) is 36.5 Å². The van der Waals surface area contributed by atoms with Gasteiger partial charge in [-0.15, -0.1) is 0 Å². The molecule has 1 aromatic heterocycles. The number of carbonyl (C=O) groups excluding carboxylic acids is 3. The third kappa shape index (κ3) is 2.53. The number of para-hydroxylation sites is 2. The first-order valence-corrected chi connectivity index (χ1v) is 9.13. The summed E-state index contributed by atoms with van der Waals surface area (Å²) in [4.78, 5) is 45.8. The summed E-state index contributed by atoms with van der Waals surface area (Å²) in [7, 11) is 0. The van der Waals surface area contributed by atoms with Crippen LogP contribution in [0.4, 0.5) is 10.8 Å². The minimum absolute atomic E-state index is 0.00180. The van der Waals surface area contributed by atoms with Gasteiger partial charge in [-0.1, -0.05) is 12.1 Å². The fourth-order valence-corrected chi connectivity index (χ4v) is 4.05. The van der Waals surface area contributed by atoms with Crippen molar-refractivity contribution in [2.24, 2.45) is 0 Å². The standard InChI is InChI=1S/C18H19N5O4/c24-15-8-19-17(26)23(15)11-9-21(10-11)16(25)13-5-3-7-22(13)18-20-12-4-1-2-6-14(12)27-18/h1-2,4,6,11,13H,3,5,7-10H2,(H,19,26). The van der Waals surface area contributed by atoms with Gasteiger partial charge in [-0.25, -0.2) is 4.79 Å². The number of nitrogens with zero attached hydrogens (tertiary/aromatic N) is 4. The number of imide groups is 1. The Labute approximate surface area is 154 Å². The Bertz CT molecular complexity index is 886. The number of carbonyl (C=O) groups is 3. The minimum atomic E-state index is -0.369. The summed E-state index contributed by atoms with van der Waals surface area (Å²) in [5, 5.41) is 2.51. The van der Waals surface area contributed by atoms with Gasteiger partial charge >= 0.3 is 6.03 Å². The highest BCUT2D eigenvalue weighted by molar-refractivity contribution is 6.02. The van der Waals surface area contributed by atoms with Crippen LogP contribution in [-0.4, -0.2) is 70.9 Å². The molecule has 5 rings (SSSR count). The Hall–Kier alpha value is -3.10. The molecule has 0 aliphatic carbocycles. The number of oxazole rings is 1. The number of aromatic nitrogens is 1. The van der Waals surface area contributed by atoms with Crippen molar-refractivity contribution in [3.05, 3.63) is 24.3 Å². The molecular formula is C18H19N5O4. The second-order valence-electron chi connectivity index (χ2n) is 7.14. The lowest BCUT2D eigenvalue weighted by Gasteiger charge is -2.44. The van der Waals surface area contributed by atoms with Crippen LogP contribution in [0.25, 0.3) is 11.1 Å². The zero-order valence-electron chi connectivity index (χ0n) is 14.6. The van der Waals surface area contributed by atoms with Gasteiger partial charge in [-0.05, 0) is 25.0 Å². The topological polar surface area (TPSA) is 99.0 Å². The molecule has 3 saturated heterocycles. The molecule has 3 aliphatic rings. The SMILES string of the molecule is O=C(C1CCCN1c1nc2ccccc2o1)N1CC(N2C(=O)CNC2=O)C1. The highest BCUT2D eigenvalue weighted by Crippen LogP contribution is 2.30. The number of nitrogens with one attached hydrogen (secondary N) is 1. The van der Waals surface area contributed by atoms with Gasteiger partial charge in [0.15, 0.2) is 5.58 Å². The Morgan fingerprint density at radius 1 is 1.22 bits per heavy atom. The maximum Gasteiger partial charge on any atom is 0.324 e. The van der Waals surface area contributed by atoms with Crippen LogP contribution in [0.3, 0.4) is 0 Å². The van der Waals surface area contributed by atoms with Crippen molar-refractivity contribution < 1.29 is 18.8 Å². The van der Waals surface area contributed by atoms with E-state index in [1.165, 1.54) is 4.90 Å². The van der Waals surface area contributed by atoms with E-state index in [1.54, 1.807) is 4.90 Å². The Morgan fingerprint density at radius 2 is 2.04 bits per heavy atom. The number of anilines is 1. The zero-order chi connectivity index (χ0) is 18.5. The number of likely N-dealkylation sites (tertiary alicyclic amines) is 1. The van der Waals surface area contributed by atoms with E-state index in [0.717, 1.165) is 18.4 Å². The van der Waals surface area contributed by atoms with Crippen molar-refractivity contribution in [2.45, 2.75) is 24.9 Å². The molecule has 0 radical (unpaired) electrons. The Morgan fingerprint density at radius 3 is 2.78 bits per heavy atom. The quantitative estimate of drug-likeness (QED) is 0.794. The zero-order valence-corrected chi connectivity index (χ0v) is 14.6. The molecule has 1 aromatic carbocycles. The van der Waals surface area contributed by atoms with Crippen molar-refractivity contribution in [1.82, 2.24) is 20.1 Å². The van der Waals surface area contributed by atoms with E-state index in [4.69, 9.17) is 4.42 Å². The second-order valence-corrected chi connectivity index (χ2v) is 7.14. The monoisotopic (exact) mass is 369 g/mol. The molecule has 3 aliphatic heterocycles. The summed E-state index contributed by atoms with van der Waals surface area (Å²) in [5.74, 6) is -0.232. The van der Waals surface area contributed by atoms with Gasteiger partial charge in [0, 0.05) is 19.6 Å². The van der Waals surface area contributed by atoms with E-state index in [0.29, 0.717) is 31.2 Å². The van der Waals surface area contributed by atoms with Gasteiger partial charge in [-0.3, -0.25) is 14.5 Å². The molecule has 0 bridgehead atoms. The molecule has 4 heterocycles. The molecule has 0 spiro atoms. The average Bonchev–Trinajstić information content (AvgIpc) is 3.33. The van der Waals surface area contributed by atoms with Crippen LogP contribution < -0.4 is 10.2 Å². The molecule has 1 unspecified atom stereocenters. The van der Waals surface area contributed by atoms with Gasteiger partial charge in [0.1, 0.15) is 11.6 Å². The number of amides is 4. The van der Waals surface area contributed by atoms with Gasteiger partial charge in [0.25, 0.3) is 6.01 Å². The summed E-state index contributed by atoms with van der Waals surface area (Å²) >= 11 is 0. The van der Waals surface area contributed by atoms with E-state index in [9.17, 15) is 14.4 Å². The smallest absolute Gasteiger partial charge is 0.324 e. The summed E-state index contributed by atoms with van der Waals surface area (Å²) in [6, 6.07) is 7.08. The predicted octanol–water partition coefficient (Wildman–Crippen LogP) is 0.559. The van der Waals surface area contributed by atoms with Crippen LogP contribution in [0.2, 0.25) is 0 Å². The van der Waals surface area contributed by atoms with Crippen LogP contribution in [0.15, 0.2) is 28.7 Å². The molecule has 0 saturated carbocycles. The summed E-state index contributed by atoms with van der Waals surface area (Å²) in [6.07, 6.45) is 1.63. The maximum absolute atomic E-state index is 13.0.